The van der Waals surface area contributed by atoms with Crippen LogP contribution in [0.4, 0.5) is 5.69 Å². The van der Waals surface area contributed by atoms with Crippen LogP contribution in [0.1, 0.15) is 12.5 Å². The summed E-state index contributed by atoms with van der Waals surface area (Å²) in [7, 11) is 0. The van der Waals surface area contributed by atoms with Gasteiger partial charge < -0.3 is 5.32 Å². The maximum Gasteiger partial charge on any atom is 0.274 e. The number of carbonyl (C=O) groups is 1. The number of hydrogen-bond acceptors (Lipinski definition) is 3. The molecule has 5 nitrogen and oxygen atoms in total. The predicted molar refractivity (Wildman–Crippen MR) is 55.6 cm³/mol. The summed E-state index contributed by atoms with van der Waals surface area (Å²) >= 11 is 5.70. The van der Waals surface area contributed by atoms with Crippen molar-refractivity contribution in [1.29, 1.82) is 0 Å². The second kappa shape index (κ2) is 4.75. The van der Waals surface area contributed by atoms with Gasteiger partial charge in [-0.15, -0.1) is 0 Å². The number of halogens is 1. The Hall–Kier alpha value is -1.62. The summed E-state index contributed by atoms with van der Waals surface area (Å²) in [5.41, 5.74) is 0.343. The normalized spacial score (nSPS) is 9.73. The molecule has 0 aliphatic rings. The highest BCUT2D eigenvalue weighted by Crippen LogP contribution is 2.22. The molecule has 0 spiro atoms. The highest BCUT2D eigenvalue weighted by atomic mass is 35.5. The molecule has 1 N–H and O–H groups in total. The molecule has 15 heavy (non-hydrogen) atoms. The summed E-state index contributed by atoms with van der Waals surface area (Å²) in [6.45, 7) is 1.45. The first kappa shape index (κ1) is 11.5. The summed E-state index contributed by atoms with van der Waals surface area (Å²) in [6, 6.07) is 4.23. The van der Waals surface area contributed by atoms with Gasteiger partial charge >= 0.3 is 0 Å². The Morgan fingerprint density at radius 1 is 1.60 bits per heavy atom. The molecule has 1 aromatic rings. The standard InChI is InChI=1S/C9H9ClN2O3/c1-6(13)11-5-7-4-8(10)2-3-9(7)12(14)15/h2-4H,5H2,1H3,(H,11,13). The topological polar surface area (TPSA) is 72.2 Å². The van der Waals surface area contributed by atoms with E-state index in [4.69, 9.17) is 11.6 Å². The van der Waals surface area contributed by atoms with Crippen LogP contribution >= 0.6 is 11.6 Å². The summed E-state index contributed by atoms with van der Waals surface area (Å²) in [5, 5.41) is 13.5. The molecule has 0 saturated carbocycles. The Balaban J connectivity index is 2.96. The molecule has 80 valence electrons. The molecule has 0 saturated heterocycles. The van der Waals surface area contributed by atoms with Gasteiger partial charge in [0.1, 0.15) is 0 Å². The lowest BCUT2D eigenvalue weighted by Gasteiger charge is -2.03. The summed E-state index contributed by atoms with van der Waals surface area (Å²) in [4.78, 5) is 20.8. The number of rotatable bonds is 3. The van der Waals surface area contributed by atoms with E-state index in [1.807, 2.05) is 0 Å². The van der Waals surface area contributed by atoms with E-state index in [1.54, 1.807) is 0 Å². The van der Waals surface area contributed by atoms with Gasteiger partial charge in [-0.2, -0.15) is 0 Å². The van der Waals surface area contributed by atoms with Gasteiger partial charge in [-0.3, -0.25) is 14.9 Å². The maximum atomic E-state index is 10.7. The first-order valence-corrected chi connectivity index (χ1v) is 4.55. The third-order valence-electron chi connectivity index (χ3n) is 1.77. The third-order valence-corrected chi connectivity index (χ3v) is 2.00. The minimum atomic E-state index is -0.506. The van der Waals surface area contributed by atoms with E-state index >= 15 is 0 Å². The van der Waals surface area contributed by atoms with Gasteiger partial charge in [0.25, 0.3) is 5.69 Å². The average Bonchev–Trinajstić information content (AvgIpc) is 2.14. The van der Waals surface area contributed by atoms with Gasteiger partial charge in [-0.1, -0.05) is 11.6 Å². The van der Waals surface area contributed by atoms with Crippen LogP contribution in [0.25, 0.3) is 0 Å². The van der Waals surface area contributed by atoms with Crippen LogP contribution in [-0.2, 0) is 11.3 Å². The molecular formula is C9H9ClN2O3. The first-order chi connectivity index (χ1) is 7.00. The number of carbonyl (C=O) groups excluding carboxylic acids is 1. The molecule has 0 heterocycles. The SMILES string of the molecule is CC(=O)NCc1cc(Cl)ccc1[N+](=O)[O-]. The van der Waals surface area contributed by atoms with Crippen LogP contribution in [0, 0.1) is 10.1 Å². The van der Waals surface area contributed by atoms with Crippen molar-refractivity contribution >= 4 is 23.2 Å². The number of nitrogens with zero attached hydrogens (tertiary/aromatic N) is 1. The van der Waals surface area contributed by atoms with E-state index in [0.29, 0.717) is 10.6 Å². The van der Waals surface area contributed by atoms with E-state index < -0.39 is 4.92 Å². The van der Waals surface area contributed by atoms with Gasteiger partial charge in [-0.25, -0.2) is 0 Å². The lowest BCUT2D eigenvalue weighted by molar-refractivity contribution is -0.385. The van der Waals surface area contributed by atoms with Crippen molar-refractivity contribution in [3.8, 4) is 0 Å². The molecule has 0 aromatic heterocycles. The van der Waals surface area contributed by atoms with Crippen molar-refractivity contribution in [2.24, 2.45) is 0 Å². The third kappa shape index (κ3) is 3.21. The van der Waals surface area contributed by atoms with Crippen LogP contribution in [0.5, 0.6) is 0 Å². The number of nitrogens with one attached hydrogen (secondary N) is 1. The van der Waals surface area contributed by atoms with Crippen molar-refractivity contribution in [3.63, 3.8) is 0 Å². The fraction of sp³-hybridized carbons (Fsp3) is 0.222. The molecule has 1 rings (SSSR count). The van der Waals surface area contributed by atoms with E-state index in [9.17, 15) is 14.9 Å². The molecule has 0 bridgehead atoms. The molecule has 0 aliphatic carbocycles. The van der Waals surface area contributed by atoms with E-state index in [0.717, 1.165) is 0 Å². The van der Waals surface area contributed by atoms with Crippen LogP contribution in [0.3, 0.4) is 0 Å². The second-order valence-corrected chi connectivity index (χ2v) is 3.38. The fourth-order valence-electron chi connectivity index (χ4n) is 1.09. The lowest BCUT2D eigenvalue weighted by Crippen LogP contribution is -2.19. The average molecular weight is 229 g/mol. The number of amides is 1. The number of nitro benzene ring substituents is 1. The lowest BCUT2D eigenvalue weighted by atomic mass is 10.2. The van der Waals surface area contributed by atoms with Crippen molar-refractivity contribution in [2.45, 2.75) is 13.5 Å². The summed E-state index contributed by atoms with van der Waals surface area (Å²) in [6.07, 6.45) is 0. The van der Waals surface area contributed by atoms with E-state index in [2.05, 4.69) is 5.32 Å². The van der Waals surface area contributed by atoms with Gasteiger partial charge in [0.2, 0.25) is 5.91 Å². The largest absolute Gasteiger partial charge is 0.352 e. The number of nitro groups is 1. The van der Waals surface area contributed by atoms with Gasteiger partial charge in [-0.05, 0) is 12.1 Å². The van der Waals surface area contributed by atoms with E-state index in [1.165, 1.54) is 25.1 Å². The van der Waals surface area contributed by atoms with Crippen molar-refractivity contribution < 1.29 is 9.72 Å². The molecule has 0 radical (unpaired) electrons. The first-order valence-electron chi connectivity index (χ1n) is 4.18. The molecular weight excluding hydrogens is 220 g/mol. The number of benzene rings is 1. The Labute approximate surface area is 91.2 Å². The smallest absolute Gasteiger partial charge is 0.274 e. The minimum absolute atomic E-state index is 0.0480. The zero-order chi connectivity index (χ0) is 11.4. The quantitative estimate of drug-likeness (QED) is 0.634. The molecule has 0 aliphatic heterocycles. The van der Waals surface area contributed by atoms with Crippen molar-refractivity contribution in [3.05, 3.63) is 38.9 Å². The Bertz CT molecular complexity index is 406. The second-order valence-electron chi connectivity index (χ2n) is 2.94. The highest BCUT2D eigenvalue weighted by molar-refractivity contribution is 6.30. The molecule has 0 unspecified atom stereocenters. The Morgan fingerprint density at radius 2 is 2.27 bits per heavy atom. The van der Waals surface area contributed by atoms with E-state index in [-0.39, 0.29) is 18.1 Å². The van der Waals surface area contributed by atoms with Gasteiger partial charge in [0, 0.05) is 24.6 Å². The van der Waals surface area contributed by atoms with Crippen LogP contribution < -0.4 is 5.32 Å². The maximum absolute atomic E-state index is 10.7. The Kier molecular flexibility index (Phi) is 3.62. The van der Waals surface area contributed by atoms with Crippen LogP contribution in [0.15, 0.2) is 18.2 Å². The van der Waals surface area contributed by atoms with Gasteiger partial charge in [0.05, 0.1) is 10.5 Å². The monoisotopic (exact) mass is 228 g/mol. The van der Waals surface area contributed by atoms with Gasteiger partial charge in [0.15, 0.2) is 0 Å². The zero-order valence-electron chi connectivity index (χ0n) is 7.99. The van der Waals surface area contributed by atoms with Crippen molar-refractivity contribution in [2.75, 3.05) is 0 Å². The highest BCUT2D eigenvalue weighted by Gasteiger charge is 2.13. The Morgan fingerprint density at radius 3 is 2.80 bits per heavy atom. The van der Waals surface area contributed by atoms with Crippen LogP contribution in [-0.4, -0.2) is 10.8 Å². The summed E-state index contributed by atoms with van der Waals surface area (Å²) in [5.74, 6) is -0.246. The van der Waals surface area contributed by atoms with Crippen LogP contribution in [0.2, 0.25) is 5.02 Å². The molecule has 1 amide bonds. The molecule has 1 aromatic carbocycles. The predicted octanol–water partition coefficient (Wildman–Crippen LogP) is 1.88. The number of hydrogen-bond donors (Lipinski definition) is 1. The summed E-state index contributed by atoms with van der Waals surface area (Å²) < 4.78 is 0. The fourth-order valence-corrected chi connectivity index (χ4v) is 1.29. The molecule has 0 fully saturated rings. The molecule has 6 heteroatoms. The molecule has 0 atom stereocenters. The zero-order valence-corrected chi connectivity index (χ0v) is 8.75. The van der Waals surface area contributed by atoms with Crippen molar-refractivity contribution in [1.82, 2.24) is 5.32 Å². The minimum Gasteiger partial charge on any atom is -0.352 e.